The molecule has 37 heavy (non-hydrogen) atoms. The summed E-state index contributed by atoms with van der Waals surface area (Å²) in [7, 11) is 0. The number of H-pyrrole nitrogens is 1. The van der Waals surface area contributed by atoms with Crippen LogP contribution in [0.2, 0.25) is 0 Å². The molecule has 192 valence electrons. The van der Waals surface area contributed by atoms with Gasteiger partial charge in [0.25, 0.3) is 0 Å². The highest BCUT2D eigenvalue weighted by Crippen LogP contribution is 2.47. The standard InChI is InChI=1S/C26H21F5N4O2/c27-13-8-15-16(10-32-22(15)18(28)9-13)24-34-21-14(2-1-3-17(21)26(29,30)31)23(35-24)33-20-12-6-4-11(5-7-12)19(20)25(36)37/h1-3,8-12,19-20,32H,4-7H2,(H,36,37)(H,33,34,35)/t11?,12?,19-,20?/m1/s1. The highest BCUT2D eigenvalue weighted by atomic mass is 19.4. The number of halogens is 5. The predicted octanol–water partition coefficient (Wildman–Crippen LogP) is 6.38. The summed E-state index contributed by atoms with van der Waals surface area (Å²) >= 11 is 0. The van der Waals surface area contributed by atoms with Crippen molar-refractivity contribution < 1.29 is 31.9 Å². The molecule has 0 spiro atoms. The Bertz CT molecular complexity index is 1540. The van der Waals surface area contributed by atoms with E-state index in [1.165, 1.54) is 18.3 Å². The van der Waals surface area contributed by atoms with Crippen LogP contribution in [0, 0.1) is 29.4 Å². The first-order chi connectivity index (χ1) is 17.6. The minimum atomic E-state index is -4.73. The fraction of sp³-hybridized carbons (Fsp3) is 0.346. The van der Waals surface area contributed by atoms with Crippen LogP contribution in [0.25, 0.3) is 33.2 Å². The van der Waals surface area contributed by atoms with E-state index < -0.39 is 41.3 Å². The number of para-hydroxylation sites is 1. The summed E-state index contributed by atoms with van der Waals surface area (Å²) in [4.78, 5) is 23.5. The van der Waals surface area contributed by atoms with E-state index in [0.29, 0.717) is 6.07 Å². The van der Waals surface area contributed by atoms with Crippen molar-refractivity contribution in [1.29, 1.82) is 0 Å². The molecule has 4 aromatic rings. The Labute approximate surface area is 206 Å². The summed E-state index contributed by atoms with van der Waals surface area (Å²) in [5.74, 6) is -3.49. The summed E-state index contributed by atoms with van der Waals surface area (Å²) in [6, 6.07) is 4.83. The summed E-state index contributed by atoms with van der Waals surface area (Å²) < 4.78 is 70.2. The third kappa shape index (κ3) is 3.87. The Morgan fingerprint density at radius 3 is 2.46 bits per heavy atom. The van der Waals surface area contributed by atoms with Crippen molar-refractivity contribution in [2.24, 2.45) is 17.8 Å². The number of hydrogen-bond acceptors (Lipinski definition) is 4. The number of anilines is 1. The zero-order chi connectivity index (χ0) is 26.1. The first kappa shape index (κ1) is 23.6. The molecule has 0 radical (unpaired) electrons. The van der Waals surface area contributed by atoms with Crippen molar-refractivity contribution in [2.45, 2.75) is 37.9 Å². The Morgan fingerprint density at radius 2 is 1.76 bits per heavy atom. The van der Waals surface area contributed by atoms with Crippen molar-refractivity contribution in [3.8, 4) is 11.4 Å². The van der Waals surface area contributed by atoms with Crippen molar-refractivity contribution in [3.63, 3.8) is 0 Å². The van der Waals surface area contributed by atoms with Gasteiger partial charge in [-0.05, 0) is 55.7 Å². The van der Waals surface area contributed by atoms with Crippen LogP contribution in [0.5, 0.6) is 0 Å². The Kier molecular flexibility index (Phi) is 5.36. The van der Waals surface area contributed by atoms with Crippen molar-refractivity contribution in [2.75, 3.05) is 5.32 Å². The number of fused-ring (bicyclic) bond motifs is 5. The number of rotatable bonds is 4. The topological polar surface area (TPSA) is 90.9 Å². The highest BCUT2D eigenvalue weighted by molar-refractivity contribution is 5.98. The molecule has 2 aromatic heterocycles. The molecule has 2 bridgehead atoms. The molecule has 3 aliphatic carbocycles. The van der Waals surface area contributed by atoms with Crippen LogP contribution in [0.15, 0.2) is 36.5 Å². The van der Waals surface area contributed by atoms with Crippen LogP contribution in [0.4, 0.5) is 27.8 Å². The summed E-state index contributed by atoms with van der Waals surface area (Å²) in [6.45, 7) is 0. The van der Waals surface area contributed by atoms with Crippen molar-refractivity contribution in [1.82, 2.24) is 15.0 Å². The molecule has 7 rings (SSSR count). The maximum Gasteiger partial charge on any atom is 0.418 e. The van der Waals surface area contributed by atoms with Crippen LogP contribution in [-0.2, 0) is 11.0 Å². The Hall–Kier alpha value is -3.76. The molecule has 6 nitrogen and oxygen atoms in total. The van der Waals surface area contributed by atoms with Crippen LogP contribution in [-0.4, -0.2) is 32.1 Å². The summed E-state index contributed by atoms with van der Waals surface area (Å²) in [5, 5.41) is 13.3. The Balaban J connectivity index is 1.57. The molecule has 0 aliphatic heterocycles. The van der Waals surface area contributed by atoms with E-state index in [1.807, 2.05) is 0 Å². The molecule has 3 aliphatic rings. The number of aliphatic carboxylic acids is 1. The molecular weight excluding hydrogens is 495 g/mol. The maximum absolute atomic E-state index is 14.3. The molecule has 0 saturated heterocycles. The van der Waals surface area contributed by atoms with Crippen molar-refractivity contribution in [3.05, 3.63) is 53.7 Å². The molecular formula is C26H21F5N4O2. The van der Waals surface area contributed by atoms with Gasteiger partial charge in [0.2, 0.25) is 0 Å². The lowest BCUT2D eigenvalue weighted by molar-refractivity contribution is -0.148. The average molecular weight is 516 g/mol. The lowest BCUT2D eigenvalue weighted by atomic mass is 9.61. The van der Waals surface area contributed by atoms with Gasteiger partial charge in [-0.1, -0.05) is 6.07 Å². The second kappa shape index (κ2) is 8.39. The van der Waals surface area contributed by atoms with Crippen LogP contribution in [0.3, 0.4) is 0 Å². The number of hydrogen-bond donors (Lipinski definition) is 3. The zero-order valence-electron chi connectivity index (χ0n) is 19.2. The van der Waals surface area contributed by atoms with Crippen LogP contribution in [0.1, 0.15) is 31.2 Å². The predicted molar refractivity (Wildman–Crippen MR) is 126 cm³/mol. The number of nitrogens with one attached hydrogen (secondary N) is 2. The fourth-order valence-electron chi connectivity index (χ4n) is 6.12. The highest BCUT2D eigenvalue weighted by Gasteiger charge is 2.47. The van der Waals surface area contributed by atoms with Crippen molar-refractivity contribution >= 4 is 33.6 Å². The van der Waals surface area contributed by atoms with Gasteiger partial charge < -0.3 is 15.4 Å². The largest absolute Gasteiger partial charge is 0.481 e. The SMILES string of the molecule is O=C(O)[C@@H]1C2CCC(CC2)C1Nc1nc(-c2c[nH]c3c(F)cc(F)cc23)nc2c(C(F)(F)F)cccc12. The first-order valence-corrected chi connectivity index (χ1v) is 12.0. The number of carboxylic acids is 1. The average Bonchev–Trinajstić information content (AvgIpc) is 3.27. The molecule has 0 amide bonds. The number of aromatic amines is 1. The smallest absolute Gasteiger partial charge is 0.418 e. The zero-order valence-corrected chi connectivity index (χ0v) is 19.2. The van der Waals surface area contributed by atoms with Gasteiger partial charge in [-0.15, -0.1) is 0 Å². The monoisotopic (exact) mass is 516 g/mol. The number of nitrogens with zero attached hydrogens (tertiary/aromatic N) is 2. The van der Waals surface area contributed by atoms with E-state index in [1.54, 1.807) is 0 Å². The number of aromatic nitrogens is 3. The van der Waals surface area contributed by atoms with Gasteiger partial charge in [0.05, 0.1) is 22.5 Å². The number of carboxylic acid groups (broad SMARTS) is 1. The van der Waals surface area contributed by atoms with E-state index in [0.717, 1.165) is 37.8 Å². The van der Waals surface area contributed by atoms with Gasteiger partial charge in [-0.2, -0.15) is 13.2 Å². The Morgan fingerprint density at radius 1 is 1.03 bits per heavy atom. The minimum absolute atomic E-state index is 0.0293. The van der Waals surface area contributed by atoms with Gasteiger partial charge >= 0.3 is 12.1 Å². The molecule has 3 fully saturated rings. The first-order valence-electron chi connectivity index (χ1n) is 12.0. The van der Waals surface area contributed by atoms with Crippen LogP contribution >= 0.6 is 0 Å². The van der Waals surface area contributed by atoms with Gasteiger partial charge in [-0.25, -0.2) is 18.7 Å². The molecule has 2 aromatic carbocycles. The normalized spacial score (nSPS) is 23.6. The number of benzene rings is 2. The lowest BCUT2D eigenvalue weighted by Gasteiger charge is -2.47. The van der Waals surface area contributed by atoms with E-state index in [9.17, 15) is 31.9 Å². The quantitative estimate of drug-likeness (QED) is 0.274. The summed E-state index contributed by atoms with van der Waals surface area (Å²) in [5.41, 5.74) is -1.29. The van der Waals surface area contributed by atoms with E-state index in [4.69, 9.17) is 0 Å². The van der Waals surface area contributed by atoms with E-state index in [-0.39, 0.29) is 50.8 Å². The molecule has 2 atom stereocenters. The second-order valence-electron chi connectivity index (χ2n) is 9.82. The third-order valence-corrected chi connectivity index (χ3v) is 7.79. The molecule has 3 N–H and O–H groups in total. The molecule has 1 unspecified atom stereocenters. The van der Waals surface area contributed by atoms with Crippen LogP contribution < -0.4 is 5.32 Å². The number of carbonyl (C=O) groups is 1. The molecule has 11 heteroatoms. The van der Waals surface area contributed by atoms with Gasteiger partial charge in [-0.3, -0.25) is 4.79 Å². The van der Waals surface area contributed by atoms with Gasteiger partial charge in [0, 0.05) is 34.6 Å². The lowest BCUT2D eigenvalue weighted by Crippen LogP contribution is -2.51. The second-order valence-corrected chi connectivity index (χ2v) is 9.82. The third-order valence-electron chi connectivity index (χ3n) is 7.79. The number of alkyl halides is 3. The van der Waals surface area contributed by atoms with E-state index >= 15 is 0 Å². The fourth-order valence-corrected chi connectivity index (χ4v) is 6.12. The maximum atomic E-state index is 14.3. The summed E-state index contributed by atoms with van der Waals surface area (Å²) in [6.07, 6.45) is -0.195. The molecule has 2 heterocycles. The minimum Gasteiger partial charge on any atom is -0.481 e. The van der Waals surface area contributed by atoms with Gasteiger partial charge in [0.1, 0.15) is 17.5 Å². The molecule has 3 saturated carbocycles. The van der Waals surface area contributed by atoms with E-state index in [2.05, 4.69) is 20.3 Å². The van der Waals surface area contributed by atoms with Gasteiger partial charge in [0.15, 0.2) is 5.82 Å².